The zero-order valence-electron chi connectivity index (χ0n) is 18.0. The van der Waals surface area contributed by atoms with E-state index in [9.17, 15) is 4.79 Å². The number of carbonyl (C=O) groups excluding carboxylic acids is 1. The van der Waals surface area contributed by atoms with Crippen molar-refractivity contribution in [3.63, 3.8) is 0 Å². The molecule has 0 aliphatic carbocycles. The number of amides is 1. The average molecular weight is 411 g/mol. The Morgan fingerprint density at radius 2 is 1.63 bits per heavy atom. The average Bonchev–Trinajstić information content (AvgIpc) is 2.79. The molecule has 1 amide bonds. The van der Waals surface area contributed by atoms with Crippen LogP contribution in [0.3, 0.4) is 0 Å². The van der Waals surface area contributed by atoms with Gasteiger partial charge in [-0.05, 0) is 47.9 Å². The minimum atomic E-state index is -0.0820. The van der Waals surface area contributed by atoms with E-state index in [0.29, 0.717) is 42.6 Å². The Morgan fingerprint density at radius 3 is 2.30 bits per heavy atom. The van der Waals surface area contributed by atoms with Crippen molar-refractivity contribution < 1.29 is 23.7 Å². The van der Waals surface area contributed by atoms with E-state index in [1.807, 2.05) is 36.4 Å². The molecule has 0 aliphatic heterocycles. The Labute approximate surface area is 178 Å². The van der Waals surface area contributed by atoms with E-state index in [1.165, 1.54) is 0 Å². The molecule has 0 aliphatic rings. The molecule has 0 radical (unpaired) electrons. The molecule has 2 aromatic carbocycles. The van der Waals surface area contributed by atoms with Gasteiger partial charge in [0.1, 0.15) is 6.61 Å². The van der Waals surface area contributed by atoms with Gasteiger partial charge in [0.25, 0.3) is 0 Å². The third-order valence-corrected chi connectivity index (χ3v) is 4.52. The van der Waals surface area contributed by atoms with Crippen molar-refractivity contribution in [1.29, 1.82) is 0 Å². The van der Waals surface area contributed by atoms with Gasteiger partial charge in [-0.1, -0.05) is 24.8 Å². The molecular formula is C24H29NO5. The summed E-state index contributed by atoms with van der Waals surface area (Å²) in [6.45, 7) is 4.61. The second kappa shape index (κ2) is 11.6. The molecule has 0 spiro atoms. The van der Waals surface area contributed by atoms with Crippen LogP contribution in [0.1, 0.15) is 11.1 Å². The highest BCUT2D eigenvalue weighted by molar-refractivity contribution is 5.91. The molecule has 30 heavy (non-hydrogen) atoms. The highest BCUT2D eigenvalue weighted by Gasteiger charge is 2.09. The maximum Gasteiger partial charge on any atom is 0.246 e. The predicted molar refractivity (Wildman–Crippen MR) is 119 cm³/mol. The quantitative estimate of drug-likeness (QED) is 0.413. The van der Waals surface area contributed by atoms with Crippen molar-refractivity contribution in [2.75, 3.05) is 41.5 Å². The lowest BCUT2D eigenvalue weighted by Crippen LogP contribution is -2.27. The summed E-state index contributed by atoms with van der Waals surface area (Å²) in [5, 5.41) is 0. The zero-order valence-corrected chi connectivity index (χ0v) is 18.0. The number of carbonyl (C=O) groups is 1. The van der Waals surface area contributed by atoms with Crippen molar-refractivity contribution >= 4 is 12.0 Å². The Kier molecular flexibility index (Phi) is 8.81. The van der Waals surface area contributed by atoms with Gasteiger partial charge in [0.05, 0.1) is 21.3 Å². The number of hydrogen-bond donors (Lipinski definition) is 0. The molecule has 2 rings (SSSR count). The molecular weight excluding hydrogens is 382 g/mol. The molecule has 0 heterocycles. The molecule has 0 bridgehead atoms. The van der Waals surface area contributed by atoms with Crippen molar-refractivity contribution in [3.05, 3.63) is 66.3 Å². The van der Waals surface area contributed by atoms with Crippen LogP contribution in [0.2, 0.25) is 0 Å². The van der Waals surface area contributed by atoms with Gasteiger partial charge >= 0.3 is 0 Å². The van der Waals surface area contributed by atoms with E-state index in [2.05, 4.69) is 6.58 Å². The number of benzene rings is 2. The maximum atomic E-state index is 12.5. The number of hydrogen-bond acceptors (Lipinski definition) is 5. The third-order valence-electron chi connectivity index (χ3n) is 4.52. The van der Waals surface area contributed by atoms with Gasteiger partial charge in [-0.3, -0.25) is 4.79 Å². The summed E-state index contributed by atoms with van der Waals surface area (Å²) >= 11 is 0. The molecule has 0 aromatic heterocycles. The molecule has 0 N–H and O–H groups in total. The minimum absolute atomic E-state index is 0.0820. The van der Waals surface area contributed by atoms with Gasteiger partial charge < -0.3 is 23.8 Å². The van der Waals surface area contributed by atoms with Crippen LogP contribution in [0.4, 0.5) is 0 Å². The largest absolute Gasteiger partial charge is 0.493 e. The first-order chi connectivity index (χ1) is 14.5. The van der Waals surface area contributed by atoms with Crippen LogP contribution in [0.15, 0.2) is 55.1 Å². The second-order valence-corrected chi connectivity index (χ2v) is 6.54. The van der Waals surface area contributed by atoms with Crippen LogP contribution in [-0.4, -0.2) is 52.3 Å². The van der Waals surface area contributed by atoms with Crippen molar-refractivity contribution in [1.82, 2.24) is 4.90 Å². The molecule has 0 atom stereocenters. The molecule has 0 saturated carbocycles. The molecule has 0 saturated heterocycles. The fourth-order valence-electron chi connectivity index (χ4n) is 2.79. The monoisotopic (exact) mass is 411 g/mol. The lowest BCUT2D eigenvalue weighted by atomic mass is 10.1. The Bertz CT molecular complexity index is 891. The number of rotatable bonds is 11. The highest BCUT2D eigenvalue weighted by Crippen LogP contribution is 2.29. The van der Waals surface area contributed by atoms with Crippen LogP contribution in [0, 0.1) is 0 Å². The number of nitrogens with zero attached hydrogens (tertiary/aromatic N) is 1. The van der Waals surface area contributed by atoms with E-state index in [-0.39, 0.29) is 5.91 Å². The zero-order chi connectivity index (χ0) is 21.9. The summed E-state index contributed by atoms with van der Waals surface area (Å²) in [4.78, 5) is 14.1. The summed E-state index contributed by atoms with van der Waals surface area (Å²) in [7, 11) is 6.57. The van der Waals surface area contributed by atoms with E-state index < -0.39 is 0 Å². The van der Waals surface area contributed by atoms with Gasteiger partial charge in [-0.25, -0.2) is 0 Å². The van der Waals surface area contributed by atoms with Gasteiger partial charge in [-0.2, -0.15) is 0 Å². The number of methoxy groups -OCH3 is 3. The molecule has 0 fully saturated rings. The predicted octanol–water partition coefficient (Wildman–Crippen LogP) is 3.99. The standard InChI is InChI=1S/C24H29NO5/c1-6-15-30-21-11-8-18(16-23(21)29-5)9-12-24(26)25(2)14-13-19-7-10-20(27-3)22(17-19)28-4/h6-12,16-17H,1,13-15H2,2-5H3/b12-9+. The van der Waals surface area contributed by atoms with Crippen LogP contribution in [-0.2, 0) is 11.2 Å². The SMILES string of the molecule is C=CCOc1ccc(/C=C/C(=O)N(C)CCc2ccc(OC)c(OC)c2)cc1OC. The lowest BCUT2D eigenvalue weighted by Gasteiger charge is -2.16. The molecule has 0 unspecified atom stereocenters. The Morgan fingerprint density at radius 1 is 0.967 bits per heavy atom. The van der Waals surface area contributed by atoms with Gasteiger partial charge in [0, 0.05) is 19.7 Å². The number of ether oxygens (including phenoxy) is 4. The molecule has 2 aromatic rings. The van der Waals surface area contributed by atoms with Crippen LogP contribution in [0.25, 0.3) is 6.08 Å². The van der Waals surface area contributed by atoms with Crippen molar-refractivity contribution in [3.8, 4) is 23.0 Å². The first-order valence-electron chi connectivity index (χ1n) is 9.58. The summed E-state index contributed by atoms with van der Waals surface area (Å²) in [5.41, 5.74) is 1.91. The van der Waals surface area contributed by atoms with E-state index in [4.69, 9.17) is 18.9 Å². The molecule has 6 heteroatoms. The smallest absolute Gasteiger partial charge is 0.246 e. The first-order valence-corrected chi connectivity index (χ1v) is 9.58. The maximum absolute atomic E-state index is 12.5. The van der Waals surface area contributed by atoms with Gasteiger partial charge in [0.15, 0.2) is 23.0 Å². The topological polar surface area (TPSA) is 57.2 Å². The van der Waals surface area contributed by atoms with Gasteiger partial charge in [-0.15, -0.1) is 0 Å². The lowest BCUT2D eigenvalue weighted by molar-refractivity contribution is -0.124. The van der Waals surface area contributed by atoms with Crippen molar-refractivity contribution in [2.45, 2.75) is 6.42 Å². The third kappa shape index (κ3) is 6.30. The summed E-state index contributed by atoms with van der Waals surface area (Å²) in [6.07, 6.45) is 5.69. The minimum Gasteiger partial charge on any atom is -0.493 e. The fourth-order valence-corrected chi connectivity index (χ4v) is 2.79. The van der Waals surface area contributed by atoms with E-state index in [0.717, 1.165) is 11.1 Å². The molecule has 6 nitrogen and oxygen atoms in total. The summed E-state index contributed by atoms with van der Waals surface area (Å²) in [6, 6.07) is 11.3. The van der Waals surface area contributed by atoms with Crippen LogP contribution < -0.4 is 18.9 Å². The van der Waals surface area contributed by atoms with Gasteiger partial charge in [0.2, 0.25) is 5.91 Å². The van der Waals surface area contributed by atoms with E-state index >= 15 is 0 Å². The van der Waals surface area contributed by atoms with E-state index in [1.54, 1.807) is 51.5 Å². The summed E-state index contributed by atoms with van der Waals surface area (Å²) in [5.74, 6) is 2.52. The van der Waals surface area contributed by atoms with Crippen molar-refractivity contribution in [2.24, 2.45) is 0 Å². The summed E-state index contributed by atoms with van der Waals surface area (Å²) < 4.78 is 21.5. The highest BCUT2D eigenvalue weighted by atomic mass is 16.5. The Balaban J connectivity index is 1.96. The van der Waals surface area contributed by atoms with Crippen LogP contribution >= 0.6 is 0 Å². The normalized spacial score (nSPS) is 10.5. The Hall–Kier alpha value is -3.41. The fraction of sp³-hybridized carbons (Fsp3) is 0.292. The second-order valence-electron chi connectivity index (χ2n) is 6.54. The molecule has 160 valence electrons. The number of likely N-dealkylation sites (N-methyl/N-ethyl adjacent to an activating group) is 1. The van der Waals surface area contributed by atoms with Crippen LogP contribution in [0.5, 0.6) is 23.0 Å². The first kappa shape index (κ1) is 22.9.